The number of sulfone groups is 1. The summed E-state index contributed by atoms with van der Waals surface area (Å²) in [4.78, 5) is 21.8. The first-order valence-electron chi connectivity index (χ1n) is 10.2. The Morgan fingerprint density at radius 2 is 1.66 bits per heavy atom. The standard InChI is InChI=1S/C21H21F3N2O7S2/c22-21(23,24)17-7-6-16(34(30,31)15-4-2-1-3-5-15)12-18(17)35(32,33)25-14-10-11-26(13-14)19(27)8-9-20(28)29/h1-7,12,14,25H,8-11,13H2,(H,28,29). The molecular formula is C21H21F3N2O7S2. The number of likely N-dealkylation sites (tertiary alicyclic amines) is 1. The van der Waals surface area contributed by atoms with Crippen molar-refractivity contribution in [2.45, 2.75) is 46.2 Å². The van der Waals surface area contributed by atoms with Crippen molar-refractivity contribution in [2.24, 2.45) is 0 Å². The number of benzene rings is 2. The molecule has 0 aliphatic carbocycles. The second-order valence-electron chi connectivity index (χ2n) is 7.81. The molecule has 1 aliphatic rings. The molecule has 1 aliphatic heterocycles. The van der Waals surface area contributed by atoms with Crippen LogP contribution < -0.4 is 4.72 Å². The van der Waals surface area contributed by atoms with E-state index in [2.05, 4.69) is 4.72 Å². The van der Waals surface area contributed by atoms with E-state index in [0.29, 0.717) is 18.2 Å². The molecule has 0 bridgehead atoms. The Kier molecular flexibility index (Phi) is 7.57. The molecule has 3 rings (SSSR count). The summed E-state index contributed by atoms with van der Waals surface area (Å²) in [5, 5.41) is 8.68. The average Bonchev–Trinajstić information content (AvgIpc) is 3.25. The summed E-state index contributed by atoms with van der Waals surface area (Å²) >= 11 is 0. The molecule has 35 heavy (non-hydrogen) atoms. The van der Waals surface area contributed by atoms with Gasteiger partial charge >= 0.3 is 12.1 Å². The largest absolute Gasteiger partial charge is 0.481 e. The molecule has 1 unspecified atom stereocenters. The summed E-state index contributed by atoms with van der Waals surface area (Å²) in [5.41, 5.74) is -1.54. The number of aliphatic carboxylic acids is 1. The van der Waals surface area contributed by atoms with Crippen molar-refractivity contribution in [3.63, 3.8) is 0 Å². The number of carbonyl (C=O) groups excluding carboxylic acids is 1. The molecule has 0 aromatic heterocycles. The summed E-state index contributed by atoms with van der Waals surface area (Å²) in [7, 11) is -9.17. The first-order valence-corrected chi connectivity index (χ1v) is 13.2. The molecule has 1 heterocycles. The predicted octanol–water partition coefficient (Wildman–Crippen LogP) is 2.28. The van der Waals surface area contributed by atoms with Gasteiger partial charge in [0.1, 0.15) is 0 Å². The Balaban J connectivity index is 1.91. The van der Waals surface area contributed by atoms with E-state index in [0.717, 1.165) is 0 Å². The lowest BCUT2D eigenvalue weighted by Gasteiger charge is -2.19. The van der Waals surface area contributed by atoms with Gasteiger partial charge in [0.25, 0.3) is 0 Å². The molecule has 2 N–H and O–H groups in total. The monoisotopic (exact) mass is 534 g/mol. The quantitative estimate of drug-likeness (QED) is 0.530. The summed E-state index contributed by atoms with van der Waals surface area (Å²) in [5.74, 6) is -1.71. The van der Waals surface area contributed by atoms with Crippen molar-refractivity contribution in [2.75, 3.05) is 13.1 Å². The highest BCUT2D eigenvalue weighted by Gasteiger charge is 2.39. The molecular weight excluding hydrogens is 513 g/mol. The summed E-state index contributed by atoms with van der Waals surface area (Å²) in [6.45, 7) is -0.0821. The van der Waals surface area contributed by atoms with Crippen molar-refractivity contribution in [3.05, 3.63) is 54.1 Å². The third kappa shape index (κ3) is 6.18. The third-order valence-electron chi connectivity index (χ3n) is 5.33. The number of halogens is 3. The van der Waals surface area contributed by atoms with E-state index in [1.807, 2.05) is 0 Å². The number of hydrogen-bond donors (Lipinski definition) is 2. The van der Waals surface area contributed by atoms with Crippen molar-refractivity contribution >= 4 is 31.7 Å². The van der Waals surface area contributed by atoms with E-state index in [1.54, 1.807) is 6.07 Å². The molecule has 1 saturated heterocycles. The van der Waals surface area contributed by atoms with Gasteiger partial charge in [-0.3, -0.25) is 9.59 Å². The predicted molar refractivity (Wildman–Crippen MR) is 116 cm³/mol. The highest BCUT2D eigenvalue weighted by Crippen LogP contribution is 2.36. The van der Waals surface area contributed by atoms with Crippen LogP contribution in [0.1, 0.15) is 24.8 Å². The van der Waals surface area contributed by atoms with E-state index in [4.69, 9.17) is 5.11 Å². The number of nitrogens with one attached hydrogen (secondary N) is 1. The fourth-order valence-electron chi connectivity index (χ4n) is 3.60. The lowest BCUT2D eigenvalue weighted by atomic mass is 10.2. The molecule has 0 spiro atoms. The number of nitrogens with zero attached hydrogens (tertiary/aromatic N) is 1. The van der Waals surface area contributed by atoms with Gasteiger partial charge in [0.05, 0.1) is 26.7 Å². The van der Waals surface area contributed by atoms with E-state index in [9.17, 15) is 39.6 Å². The van der Waals surface area contributed by atoms with Crippen LogP contribution in [-0.2, 0) is 35.6 Å². The smallest absolute Gasteiger partial charge is 0.417 e. The maximum Gasteiger partial charge on any atom is 0.417 e. The van der Waals surface area contributed by atoms with E-state index >= 15 is 0 Å². The molecule has 0 saturated carbocycles. The Morgan fingerprint density at radius 3 is 2.26 bits per heavy atom. The maximum atomic E-state index is 13.6. The molecule has 2 aromatic rings. The topological polar surface area (TPSA) is 138 Å². The molecule has 1 amide bonds. The zero-order chi connectivity index (χ0) is 26.0. The number of carboxylic acid groups (broad SMARTS) is 1. The highest BCUT2D eigenvalue weighted by atomic mass is 32.2. The van der Waals surface area contributed by atoms with E-state index < -0.39 is 65.7 Å². The van der Waals surface area contributed by atoms with Gasteiger partial charge in [-0.2, -0.15) is 13.2 Å². The highest BCUT2D eigenvalue weighted by molar-refractivity contribution is 7.91. The van der Waals surface area contributed by atoms with E-state index in [-0.39, 0.29) is 30.8 Å². The Morgan fingerprint density at radius 1 is 1.00 bits per heavy atom. The second kappa shape index (κ2) is 9.95. The van der Waals surface area contributed by atoms with Gasteiger partial charge in [-0.25, -0.2) is 21.6 Å². The SMILES string of the molecule is O=C(O)CCC(=O)N1CCC(NS(=O)(=O)c2cc(S(=O)(=O)c3ccccc3)ccc2C(F)(F)F)C1. The molecule has 1 atom stereocenters. The molecule has 1 fully saturated rings. The normalized spacial score (nSPS) is 16.9. The first kappa shape index (κ1) is 26.6. The molecule has 0 radical (unpaired) electrons. The number of carboxylic acids is 1. The molecule has 190 valence electrons. The number of carbonyl (C=O) groups is 2. The minimum Gasteiger partial charge on any atom is -0.481 e. The van der Waals surface area contributed by atoms with E-state index in [1.165, 1.54) is 29.2 Å². The molecule has 9 nitrogen and oxygen atoms in total. The van der Waals surface area contributed by atoms with Gasteiger partial charge in [-0.05, 0) is 36.8 Å². The Hall–Kier alpha value is -2.97. The number of sulfonamides is 1. The Labute approximate surface area is 199 Å². The van der Waals surface area contributed by atoms with Gasteiger partial charge in [-0.15, -0.1) is 0 Å². The fourth-order valence-corrected chi connectivity index (χ4v) is 6.50. The van der Waals surface area contributed by atoms with Gasteiger partial charge < -0.3 is 10.0 Å². The van der Waals surface area contributed by atoms with Crippen LogP contribution in [0.3, 0.4) is 0 Å². The summed E-state index contributed by atoms with van der Waals surface area (Å²) in [6.07, 6.45) is -5.72. The van der Waals surface area contributed by atoms with Crippen molar-refractivity contribution in [1.82, 2.24) is 9.62 Å². The van der Waals surface area contributed by atoms with Crippen LogP contribution in [0, 0.1) is 0 Å². The summed E-state index contributed by atoms with van der Waals surface area (Å²) < 4.78 is 94.7. The number of amides is 1. The molecule has 14 heteroatoms. The minimum absolute atomic E-state index is 0.0835. The maximum absolute atomic E-state index is 13.6. The average molecular weight is 535 g/mol. The summed E-state index contributed by atoms with van der Waals surface area (Å²) in [6, 6.07) is 7.47. The first-order chi connectivity index (χ1) is 16.2. The van der Waals surface area contributed by atoms with Gasteiger partial charge in [-0.1, -0.05) is 18.2 Å². The van der Waals surface area contributed by atoms with Gasteiger partial charge in [0, 0.05) is 25.6 Å². The zero-order valence-corrected chi connectivity index (χ0v) is 19.7. The van der Waals surface area contributed by atoms with Crippen LogP contribution >= 0.6 is 0 Å². The second-order valence-corrected chi connectivity index (χ2v) is 11.4. The van der Waals surface area contributed by atoms with Crippen molar-refractivity contribution in [3.8, 4) is 0 Å². The van der Waals surface area contributed by atoms with Crippen LogP contribution in [0.2, 0.25) is 0 Å². The number of hydrogen-bond acceptors (Lipinski definition) is 6. The van der Waals surface area contributed by atoms with Crippen LogP contribution in [-0.4, -0.2) is 57.8 Å². The van der Waals surface area contributed by atoms with Crippen LogP contribution in [0.25, 0.3) is 0 Å². The Bertz CT molecular complexity index is 1330. The van der Waals surface area contributed by atoms with Crippen LogP contribution in [0.4, 0.5) is 13.2 Å². The van der Waals surface area contributed by atoms with Crippen LogP contribution in [0.15, 0.2) is 63.2 Å². The van der Waals surface area contributed by atoms with Gasteiger partial charge in [0.15, 0.2) is 0 Å². The molecule has 2 aromatic carbocycles. The zero-order valence-electron chi connectivity index (χ0n) is 18.0. The number of alkyl halides is 3. The lowest BCUT2D eigenvalue weighted by molar-refractivity contribution is -0.140. The van der Waals surface area contributed by atoms with Gasteiger partial charge in [0.2, 0.25) is 25.8 Å². The fraction of sp³-hybridized carbons (Fsp3) is 0.333. The van der Waals surface area contributed by atoms with Crippen molar-refractivity contribution in [1.29, 1.82) is 0 Å². The number of rotatable bonds is 8. The minimum atomic E-state index is -5.09. The lowest BCUT2D eigenvalue weighted by Crippen LogP contribution is -2.39. The van der Waals surface area contributed by atoms with Crippen molar-refractivity contribution < 1.29 is 44.7 Å². The van der Waals surface area contributed by atoms with Crippen LogP contribution in [0.5, 0.6) is 0 Å². The third-order valence-corrected chi connectivity index (χ3v) is 8.66.